The third kappa shape index (κ3) is 12.9. The lowest BCUT2D eigenvalue weighted by Gasteiger charge is -2.21. The van der Waals surface area contributed by atoms with Gasteiger partial charge in [0.05, 0.1) is 44.7 Å². The van der Waals surface area contributed by atoms with Crippen LogP contribution >= 0.6 is 0 Å². The number of amides is 2. The van der Waals surface area contributed by atoms with Crippen molar-refractivity contribution in [1.82, 2.24) is 39.0 Å². The highest BCUT2D eigenvalue weighted by Crippen LogP contribution is 2.39. The molecule has 2 amide bonds. The zero-order valence-electron chi connectivity index (χ0n) is 41.3. The standard InChI is InChI=1S/C22H24FN5O3.C18H18FN5O2.C4H8O2.2CH4O/c1-14-15(2)31-22(17(14)23)28-13-26-18-19(24-12-25-20(18)28)27(10-6-7-11-29)21(30)16-8-4-3-5-9-16;1-10-11(2)26-18(13(10)19)24-9-22-14-15(20-8-21-16(14)24)23-17(25)12-6-4-3-5-7-12;5-3-1-2-4-6;2*1-2/h3-9,12-15,17,22,29H,10-11H2,1-2H3;3-11,13,18H,1-2H3,(H,20,21,23,25);1-2,5-6H,3-4H2;2*2H,1H3/b7-6+;;2-1+;;/t14-,15-,17-,22?;10-,11-,13-,18?;;;/m11.../s1/i2*2D;;2*2T. The minimum absolute atomic E-state index is 0.0144. The van der Waals surface area contributed by atoms with Crippen LogP contribution in [0.5, 0.6) is 0 Å². The number of carbonyl (C=O) groups is 2. The molecule has 0 bridgehead atoms. The predicted molar refractivity (Wildman–Crippen MR) is 246 cm³/mol. The van der Waals surface area contributed by atoms with Gasteiger partial charge in [-0.15, -0.1) is 0 Å². The quantitative estimate of drug-likeness (QED) is 0.0969. The van der Waals surface area contributed by atoms with Gasteiger partial charge in [0.1, 0.15) is 12.7 Å². The number of anilines is 2. The van der Waals surface area contributed by atoms with Gasteiger partial charge in [-0.1, -0.05) is 74.5 Å². The molecule has 19 nitrogen and oxygen atoms in total. The van der Waals surface area contributed by atoms with Gasteiger partial charge in [0.15, 0.2) is 58.8 Å². The molecule has 2 aliphatic heterocycles. The van der Waals surface area contributed by atoms with Gasteiger partial charge in [-0.25, -0.2) is 38.7 Å². The third-order valence-corrected chi connectivity index (χ3v) is 10.3. The van der Waals surface area contributed by atoms with Gasteiger partial charge in [-0.2, -0.15) is 0 Å². The molecule has 6 N–H and O–H groups in total. The number of aromatic nitrogens is 8. The maximum Gasteiger partial charge on any atom is 0.259 e. The van der Waals surface area contributed by atoms with Crippen molar-refractivity contribution in [3.05, 3.63) is 121 Å². The number of nitrogens with zero attached hydrogens (tertiary/aromatic N) is 9. The average Bonchev–Trinajstić information content (AvgIpc) is 4.17. The van der Waals surface area contributed by atoms with Crippen molar-refractivity contribution in [2.75, 3.05) is 50.8 Å². The summed E-state index contributed by atoms with van der Waals surface area (Å²) in [5.74, 6) is -0.950. The third-order valence-electron chi connectivity index (χ3n) is 10.3. The molecule has 2 unspecified atom stereocenters. The summed E-state index contributed by atoms with van der Waals surface area (Å²) in [6.07, 6.45) is 6.12. The van der Waals surface area contributed by atoms with Gasteiger partial charge in [-0.05, 0) is 38.1 Å². The lowest BCUT2D eigenvalue weighted by atomic mass is 10.0. The van der Waals surface area contributed by atoms with Crippen molar-refractivity contribution in [3.63, 3.8) is 0 Å². The molecule has 2 saturated heterocycles. The maximum atomic E-state index is 14.9. The van der Waals surface area contributed by atoms with Gasteiger partial charge in [0, 0.05) is 46.5 Å². The summed E-state index contributed by atoms with van der Waals surface area (Å²) in [4.78, 5) is 52.5. The van der Waals surface area contributed by atoms with Gasteiger partial charge < -0.3 is 40.3 Å². The van der Waals surface area contributed by atoms with E-state index >= 15 is 0 Å². The molecule has 4 aromatic heterocycles. The molecular formula is C46H58F2N10O9. The highest BCUT2D eigenvalue weighted by molar-refractivity contribution is 6.09. The van der Waals surface area contributed by atoms with E-state index in [-0.39, 0.29) is 63.6 Å². The minimum Gasteiger partial charge on any atom is -0.400 e. The number of halogens is 2. The van der Waals surface area contributed by atoms with Crippen LogP contribution in [-0.4, -0.2) is 144 Å². The molecule has 0 radical (unpaired) electrons. The molecule has 0 aliphatic carbocycles. The lowest BCUT2D eigenvalue weighted by molar-refractivity contribution is -0.0103. The molecular weight excluding hydrogens is 875 g/mol. The molecule has 6 heterocycles. The Bertz CT molecular complexity index is 2580. The average molecular weight is 939 g/mol. The smallest absolute Gasteiger partial charge is 0.259 e. The minimum atomic E-state index is -1.32. The molecule has 360 valence electrons. The monoisotopic (exact) mass is 938 g/mol. The first-order valence-corrected chi connectivity index (χ1v) is 20.8. The van der Waals surface area contributed by atoms with Crippen molar-refractivity contribution in [3.8, 4) is 0 Å². The number of hydrogen-bond donors (Lipinski definition) is 6. The Balaban J connectivity index is 0.000000254. The van der Waals surface area contributed by atoms with E-state index in [1.54, 1.807) is 68.5 Å². The fourth-order valence-corrected chi connectivity index (χ4v) is 6.65. The van der Waals surface area contributed by atoms with Crippen LogP contribution in [0.3, 0.4) is 0 Å². The van der Waals surface area contributed by atoms with Crippen LogP contribution in [0.2, 0.25) is 0 Å². The van der Waals surface area contributed by atoms with Gasteiger partial charge in [-0.3, -0.25) is 23.6 Å². The predicted octanol–water partition coefficient (Wildman–Crippen LogP) is 4.63. The van der Waals surface area contributed by atoms with Crippen LogP contribution in [0.15, 0.2) is 110 Å². The maximum absolute atomic E-state index is 14.9. The zero-order valence-corrected chi connectivity index (χ0v) is 37.3. The number of hydrogen-bond acceptors (Lipinski definition) is 15. The number of rotatable bonds is 11. The number of carbonyl (C=O) groups excluding carboxylic acids is 2. The molecule has 2 aromatic carbocycles. The first-order valence-electron chi connectivity index (χ1n) is 23.0. The molecule has 0 saturated carbocycles. The summed E-state index contributed by atoms with van der Waals surface area (Å²) in [6, 6.07) is 17.5. The summed E-state index contributed by atoms with van der Waals surface area (Å²) in [6.45, 7) is 3.41. The Labute approximate surface area is 391 Å². The molecule has 21 heteroatoms. The molecule has 8 rings (SSSR count). The first kappa shape index (κ1) is 47.0. The molecule has 67 heavy (non-hydrogen) atoms. The Kier molecular flexibility index (Phi) is 18.7. The topological polar surface area (TPSA) is 256 Å². The fourth-order valence-electron chi connectivity index (χ4n) is 6.65. The number of alkyl halides is 2. The number of aliphatic hydroxyl groups excluding tert-OH is 5. The molecule has 2 fully saturated rings. The zero-order chi connectivity index (χ0) is 51.9. The van der Waals surface area contributed by atoms with E-state index in [1.165, 1.54) is 71.8 Å². The molecule has 0 spiro atoms. The Morgan fingerprint density at radius 3 is 1.69 bits per heavy atom. The fraction of sp³-hybridized carbons (Fsp3) is 0.391. The molecule has 2 aliphatic rings. The normalized spacial score (nSPS) is 22.7. The van der Waals surface area contributed by atoms with E-state index in [0.717, 1.165) is 0 Å². The van der Waals surface area contributed by atoms with Crippen LogP contribution < -0.4 is 10.2 Å². The van der Waals surface area contributed by atoms with Crippen molar-refractivity contribution in [2.45, 2.75) is 64.7 Å². The van der Waals surface area contributed by atoms with Crippen LogP contribution in [0.1, 0.15) is 63.6 Å². The summed E-state index contributed by atoms with van der Waals surface area (Å²) >= 11 is 0. The van der Waals surface area contributed by atoms with Crippen LogP contribution in [0.25, 0.3) is 22.3 Å². The van der Waals surface area contributed by atoms with Gasteiger partial charge in [0.25, 0.3) is 11.8 Å². The Hall–Kier alpha value is -6.46. The van der Waals surface area contributed by atoms with Crippen molar-refractivity contribution < 1.29 is 56.1 Å². The van der Waals surface area contributed by atoms with Crippen molar-refractivity contribution in [2.24, 2.45) is 11.8 Å². The number of benzene rings is 2. The number of fused-ring (bicyclic) bond motifs is 2. The van der Waals surface area contributed by atoms with Gasteiger partial charge >= 0.3 is 0 Å². The van der Waals surface area contributed by atoms with E-state index < -0.39 is 48.8 Å². The second kappa shape index (κ2) is 26.6. The van der Waals surface area contributed by atoms with E-state index in [1.807, 2.05) is 12.1 Å². The van der Waals surface area contributed by atoms with E-state index in [9.17, 15) is 18.4 Å². The van der Waals surface area contributed by atoms with Crippen molar-refractivity contribution in [1.29, 1.82) is 2.86 Å². The number of ether oxygens (including phenoxy) is 2. The van der Waals surface area contributed by atoms with Crippen molar-refractivity contribution >= 4 is 45.8 Å². The summed E-state index contributed by atoms with van der Waals surface area (Å²) < 4.78 is 70.5. The number of nitrogens with one attached hydrogen (secondary N) is 1. The second-order valence-corrected chi connectivity index (χ2v) is 14.4. The van der Waals surface area contributed by atoms with Crippen LogP contribution in [0.4, 0.5) is 20.4 Å². The van der Waals surface area contributed by atoms with Crippen LogP contribution in [-0.2, 0) is 9.47 Å². The second-order valence-electron chi connectivity index (χ2n) is 14.4. The van der Waals surface area contributed by atoms with E-state index in [4.69, 9.17) is 30.4 Å². The highest BCUT2D eigenvalue weighted by atomic mass is 19.1. The summed E-state index contributed by atoms with van der Waals surface area (Å²) in [5, 5.41) is 34.8. The van der Waals surface area contributed by atoms with E-state index in [2.05, 4.69) is 45.4 Å². The van der Waals surface area contributed by atoms with Crippen LogP contribution in [0, 0.1) is 11.8 Å². The van der Waals surface area contributed by atoms with E-state index in [0.29, 0.717) is 33.5 Å². The number of aliphatic hydroxyl groups is 5. The highest BCUT2D eigenvalue weighted by Gasteiger charge is 2.43. The summed E-state index contributed by atoms with van der Waals surface area (Å²) in [5.41, 5.74) is 2.31. The molecule has 8 atom stereocenters. The molecule has 6 aromatic rings. The first-order chi connectivity index (χ1) is 34.4. The Morgan fingerprint density at radius 2 is 1.19 bits per heavy atom. The Morgan fingerprint density at radius 1 is 0.731 bits per heavy atom. The SMILES string of the molecule is OC/C=C/CO.[2H]C[C@H]1OC(n2cnc3c(N(C/C=C/CO)C(=O)c4ccccc4)ncnc32)[C@H](F)[C@@H]1C.[2H]C[C@H]1OC(n2cnc3c(NC(=O)c4ccccc4)ncnc32)[C@H](F)[C@@H]1C.[3H]OC.[3H]OC. The summed E-state index contributed by atoms with van der Waals surface area (Å²) in [7, 11) is 2.58. The number of imidazole rings is 2. The van der Waals surface area contributed by atoms with Gasteiger partial charge in [0.2, 0.25) is 2.86 Å². The lowest BCUT2D eigenvalue weighted by Crippen LogP contribution is -2.32. The largest absolute Gasteiger partial charge is 0.400 e.